The Bertz CT molecular complexity index is 527. The van der Waals surface area contributed by atoms with Crippen molar-refractivity contribution in [1.82, 2.24) is 0 Å². The predicted octanol–water partition coefficient (Wildman–Crippen LogP) is 3.14. The highest BCUT2D eigenvalue weighted by Gasteiger charge is 2.14. The SMILES string of the molecule is Nc1ccc(F)cc1[C@@H](O)c1ccc(Cl)cc1. The second kappa shape index (κ2) is 4.73. The number of rotatable bonds is 2. The highest BCUT2D eigenvalue weighted by molar-refractivity contribution is 6.30. The topological polar surface area (TPSA) is 46.2 Å². The summed E-state index contributed by atoms with van der Waals surface area (Å²) in [7, 11) is 0. The number of hydrogen-bond acceptors (Lipinski definition) is 2. The largest absolute Gasteiger partial charge is 0.398 e. The molecule has 2 nitrogen and oxygen atoms in total. The number of anilines is 1. The standard InChI is InChI=1S/C13H11ClFNO/c14-9-3-1-8(2-4-9)13(17)11-7-10(15)5-6-12(11)16/h1-7,13,17H,16H2/t13-/m0/s1. The van der Waals surface area contributed by atoms with Crippen LogP contribution in [0.3, 0.4) is 0 Å². The van der Waals surface area contributed by atoms with Gasteiger partial charge in [0, 0.05) is 16.3 Å². The average Bonchev–Trinajstić information content (AvgIpc) is 2.32. The van der Waals surface area contributed by atoms with Crippen molar-refractivity contribution in [2.24, 2.45) is 0 Å². The van der Waals surface area contributed by atoms with E-state index in [1.165, 1.54) is 18.2 Å². The number of aliphatic hydroxyl groups is 1. The highest BCUT2D eigenvalue weighted by Crippen LogP contribution is 2.27. The van der Waals surface area contributed by atoms with E-state index in [1.807, 2.05) is 0 Å². The first-order valence-corrected chi connectivity index (χ1v) is 5.44. The summed E-state index contributed by atoms with van der Waals surface area (Å²) in [4.78, 5) is 0. The lowest BCUT2D eigenvalue weighted by Crippen LogP contribution is -2.04. The van der Waals surface area contributed by atoms with Gasteiger partial charge in [-0.3, -0.25) is 0 Å². The molecular formula is C13H11ClFNO. The van der Waals surface area contributed by atoms with Gasteiger partial charge in [0.05, 0.1) is 0 Å². The molecule has 0 spiro atoms. The van der Waals surface area contributed by atoms with Gasteiger partial charge in [-0.1, -0.05) is 23.7 Å². The second-order valence-corrected chi connectivity index (χ2v) is 4.16. The first kappa shape index (κ1) is 11.9. The molecule has 0 aromatic heterocycles. The Morgan fingerprint density at radius 2 is 1.76 bits per heavy atom. The van der Waals surface area contributed by atoms with Crippen LogP contribution in [-0.2, 0) is 0 Å². The lowest BCUT2D eigenvalue weighted by Gasteiger charge is -2.14. The number of benzene rings is 2. The molecule has 2 aromatic carbocycles. The zero-order valence-electron chi connectivity index (χ0n) is 8.90. The Kier molecular flexibility index (Phi) is 3.31. The van der Waals surface area contributed by atoms with Gasteiger partial charge in [-0.25, -0.2) is 4.39 Å². The molecular weight excluding hydrogens is 241 g/mol. The van der Waals surface area contributed by atoms with Crippen LogP contribution < -0.4 is 5.73 Å². The van der Waals surface area contributed by atoms with E-state index in [1.54, 1.807) is 24.3 Å². The molecule has 0 heterocycles. The van der Waals surface area contributed by atoms with Crippen molar-refractivity contribution in [2.75, 3.05) is 5.73 Å². The molecule has 0 fully saturated rings. The maximum absolute atomic E-state index is 13.1. The van der Waals surface area contributed by atoms with Crippen LogP contribution >= 0.6 is 11.6 Å². The minimum absolute atomic E-state index is 0.354. The van der Waals surface area contributed by atoms with Gasteiger partial charge in [-0.05, 0) is 35.9 Å². The van der Waals surface area contributed by atoms with Gasteiger partial charge in [0.2, 0.25) is 0 Å². The van der Waals surface area contributed by atoms with E-state index in [0.717, 1.165) is 0 Å². The third kappa shape index (κ3) is 2.57. The fourth-order valence-electron chi connectivity index (χ4n) is 1.61. The zero-order chi connectivity index (χ0) is 12.4. The van der Waals surface area contributed by atoms with Gasteiger partial charge in [0.15, 0.2) is 0 Å². The molecule has 4 heteroatoms. The molecule has 0 saturated carbocycles. The number of halogens is 2. The van der Waals surface area contributed by atoms with Crippen LogP contribution in [0, 0.1) is 5.82 Å². The summed E-state index contributed by atoms with van der Waals surface area (Å²) < 4.78 is 13.1. The van der Waals surface area contributed by atoms with Gasteiger partial charge in [-0.15, -0.1) is 0 Å². The van der Waals surface area contributed by atoms with Crippen LogP contribution in [0.1, 0.15) is 17.2 Å². The quantitative estimate of drug-likeness (QED) is 0.806. The van der Waals surface area contributed by atoms with E-state index in [2.05, 4.69) is 0 Å². The Morgan fingerprint density at radius 3 is 2.41 bits per heavy atom. The minimum atomic E-state index is -0.956. The van der Waals surface area contributed by atoms with Crippen molar-refractivity contribution in [1.29, 1.82) is 0 Å². The normalized spacial score (nSPS) is 12.4. The zero-order valence-corrected chi connectivity index (χ0v) is 9.66. The van der Waals surface area contributed by atoms with E-state index < -0.39 is 11.9 Å². The molecule has 1 atom stereocenters. The summed E-state index contributed by atoms with van der Waals surface area (Å²) in [6.07, 6.45) is -0.956. The molecule has 0 radical (unpaired) electrons. The van der Waals surface area contributed by atoms with Gasteiger partial charge in [0.1, 0.15) is 11.9 Å². The average molecular weight is 252 g/mol. The van der Waals surface area contributed by atoms with Crippen LogP contribution in [0.25, 0.3) is 0 Å². The summed E-state index contributed by atoms with van der Waals surface area (Å²) in [5, 5.41) is 10.7. The molecule has 0 aliphatic heterocycles. The van der Waals surface area contributed by atoms with Gasteiger partial charge < -0.3 is 10.8 Å². The van der Waals surface area contributed by atoms with Crippen molar-refractivity contribution < 1.29 is 9.50 Å². The Balaban J connectivity index is 2.39. The van der Waals surface area contributed by atoms with Crippen LogP contribution in [-0.4, -0.2) is 5.11 Å². The number of aliphatic hydroxyl groups excluding tert-OH is 1. The van der Waals surface area contributed by atoms with Crippen molar-refractivity contribution in [2.45, 2.75) is 6.10 Å². The Hall–Kier alpha value is -1.58. The monoisotopic (exact) mass is 251 g/mol. The number of nitrogens with two attached hydrogens (primary N) is 1. The van der Waals surface area contributed by atoms with Crippen LogP contribution in [0.2, 0.25) is 5.02 Å². The molecule has 0 aliphatic carbocycles. The lowest BCUT2D eigenvalue weighted by molar-refractivity contribution is 0.220. The summed E-state index contributed by atoms with van der Waals surface area (Å²) in [6, 6.07) is 10.6. The third-order valence-electron chi connectivity index (χ3n) is 2.53. The molecule has 3 N–H and O–H groups in total. The molecule has 2 aromatic rings. The first-order valence-electron chi connectivity index (χ1n) is 5.06. The summed E-state index contributed by atoms with van der Waals surface area (Å²) in [6.45, 7) is 0. The second-order valence-electron chi connectivity index (χ2n) is 3.73. The van der Waals surface area contributed by atoms with Crippen LogP contribution in [0.4, 0.5) is 10.1 Å². The maximum atomic E-state index is 13.1. The van der Waals surface area contributed by atoms with E-state index in [4.69, 9.17) is 17.3 Å². The Morgan fingerprint density at radius 1 is 1.12 bits per heavy atom. The van der Waals surface area contributed by atoms with Gasteiger partial charge in [0.25, 0.3) is 0 Å². The Labute approximate surface area is 103 Å². The van der Waals surface area contributed by atoms with Gasteiger partial charge >= 0.3 is 0 Å². The van der Waals surface area contributed by atoms with Crippen molar-refractivity contribution in [3.63, 3.8) is 0 Å². The lowest BCUT2D eigenvalue weighted by atomic mass is 10.00. The maximum Gasteiger partial charge on any atom is 0.123 e. The molecule has 17 heavy (non-hydrogen) atoms. The molecule has 0 saturated heterocycles. The van der Waals surface area contributed by atoms with Gasteiger partial charge in [-0.2, -0.15) is 0 Å². The molecule has 88 valence electrons. The van der Waals surface area contributed by atoms with Crippen LogP contribution in [0.5, 0.6) is 0 Å². The molecule has 0 amide bonds. The summed E-state index contributed by atoms with van der Waals surface area (Å²) in [5.74, 6) is -0.429. The molecule has 0 bridgehead atoms. The highest BCUT2D eigenvalue weighted by atomic mass is 35.5. The third-order valence-corrected chi connectivity index (χ3v) is 2.78. The predicted molar refractivity (Wildman–Crippen MR) is 66.3 cm³/mol. The summed E-state index contributed by atoms with van der Waals surface area (Å²) in [5.41, 5.74) is 7.03. The number of nitrogen functional groups attached to an aromatic ring is 1. The minimum Gasteiger partial charge on any atom is -0.398 e. The van der Waals surface area contributed by atoms with E-state index in [0.29, 0.717) is 21.8 Å². The smallest absolute Gasteiger partial charge is 0.123 e. The van der Waals surface area contributed by atoms with Crippen molar-refractivity contribution in [3.05, 3.63) is 64.4 Å². The van der Waals surface area contributed by atoms with E-state index >= 15 is 0 Å². The fourth-order valence-corrected chi connectivity index (χ4v) is 1.73. The van der Waals surface area contributed by atoms with E-state index in [9.17, 15) is 9.50 Å². The van der Waals surface area contributed by atoms with Crippen molar-refractivity contribution >= 4 is 17.3 Å². The molecule has 0 aliphatic rings. The summed E-state index contributed by atoms with van der Waals surface area (Å²) >= 11 is 5.75. The van der Waals surface area contributed by atoms with E-state index in [-0.39, 0.29) is 0 Å². The first-order chi connectivity index (χ1) is 8.08. The van der Waals surface area contributed by atoms with Crippen molar-refractivity contribution in [3.8, 4) is 0 Å². The van der Waals surface area contributed by atoms with Crippen LogP contribution in [0.15, 0.2) is 42.5 Å². The molecule has 2 rings (SSSR count). The fraction of sp³-hybridized carbons (Fsp3) is 0.0769. The molecule has 0 unspecified atom stereocenters. The number of hydrogen-bond donors (Lipinski definition) is 2.